The Morgan fingerprint density at radius 2 is 0.860 bits per heavy atom. The highest BCUT2D eigenvalue weighted by atomic mass is 32.1. The highest BCUT2D eigenvalue weighted by molar-refractivity contribution is 7.26. The second-order valence-electron chi connectivity index (χ2n) is 14.5. The lowest BCUT2D eigenvalue weighted by Crippen LogP contribution is -2.10. The van der Waals surface area contributed by atoms with Crippen molar-refractivity contribution in [3.05, 3.63) is 212 Å². The molecule has 0 radical (unpaired) electrons. The van der Waals surface area contributed by atoms with Crippen LogP contribution in [0.5, 0.6) is 0 Å². The number of hydrogen-bond acceptors (Lipinski definition) is 3. The first-order valence-corrected chi connectivity index (χ1v) is 20.1. The topological polar surface area (TPSA) is 16.4 Å². The highest BCUT2D eigenvalue weighted by Crippen LogP contribution is 2.46. The van der Waals surface area contributed by atoms with Gasteiger partial charge in [-0.05, 0) is 105 Å². The third kappa shape index (κ3) is 5.88. The van der Waals surface area contributed by atoms with Gasteiger partial charge in [0, 0.05) is 48.0 Å². The van der Waals surface area contributed by atoms with Crippen molar-refractivity contribution in [2.24, 2.45) is 0 Å². The van der Waals surface area contributed by atoms with Crippen LogP contribution in [0, 0.1) is 0 Å². The smallest absolute Gasteiger partial charge is 0.144 e. The average Bonchev–Trinajstić information content (AvgIpc) is 3.87. The molecule has 0 amide bonds. The fraction of sp³-hybridized carbons (Fsp3) is 0. The maximum Gasteiger partial charge on any atom is 0.144 e. The van der Waals surface area contributed by atoms with Gasteiger partial charge in [-0.25, -0.2) is 0 Å². The van der Waals surface area contributed by atoms with Crippen molar-refractivity contribution < 1.29 is 4.42 Å². The summed E-state index contributed by atoms with van der Waals surface area (Å²) < 4.78 is 9.06. The summed E-state index contributed by atoms with van der Waals surface area (Å²) in [5.41, 5.74) is 14.7. The summed E-state index contributed by atoms with van der Waals surface area (Å²) in [6.07, 6.45) is 0. The Hall–Kier alpha value is -7.20. The Morgan fingerprint density at radius 1 is 0.333 bits per heavy atom. The van der Waals surface area contributed by atoms with E-state index in [2.05, 4.69) is 211 Å². The van der Waals surface area contributed by atoms with E-state index in [0.29, 0.717) is 0 Å². The maximum absolute atomic E-state index is 6.55. The Balaban J connectivity index is 0.976. The van der Waals surface area contributed by atoms with Crippen LogP contribution < -0.4 is 4.90 Å². The summed E-state index contributed by atoms with van der Waals surface area (Å²) in [5.74, 6) is 0. The minimum absolute atomic E-state index is 0.926. The van der Waals surface area contributed by atoms with Crippen LogP contribution in [0.25, 0.3) is 86.6 Å². The quantitative estimate of drug-likeness (QED) is 0.162. The van der Waals surface area contributed by atoms with Crippen LogP contribution in [0.1, 0.15) is 0 Å². The fourth-order valence-corrected chi connectivity index (χ4v) is 9.44. The zero-order valence-electron chi connectivity index (χ0n) is 31.0. The van der Waals surface area contributed by atoms with E-state index in [-0.39, 0.29) is 0 Å². The summed E-state index contributed by atoms with van der Waals surface area (Å²) in [7, 11) is 0. The summed E-state index contributed by atoms with van der Waals surface area (Å²) in [6.45, 7) is 0. The lowest BCUT2D eigenvalue weighted by molar-refractivity contribution is 0.673. The van der Waals surface area contributed by atoms with Gasteiger partial charge in [-0.15, -0.1) is 11.3 Å². The molecule has 3 heteroatoms. The van der Waals surface area contributed by atoms with Crippen LogP contribution >= 0.6 is 11.3 Å². The van der Waals surface area contributed by atoms with Crippen molar-refractivity contribution in [3.8, 4) is 44.5 Å². The molecule has 11 rings (SSSR count). The number of rotatable bonds is 7. The van der Waals surface area contributed by atoms with E-state index in [4.69, 9.17) is 4.42 Å². The van der Waals surface area contributed by atoms with Crippen molar-refractivity contribution in [2.45, 2.75) is 0 Å². The monoisotopic (exact) mass is 745 g/mol. The molecule has 9 aromatic carbocycles. The minimum atomic E-state index is 0.926. The fourth-order valence-electron chi connectivity index (χ4n) is 8.31. The molecule has 0 aliphatic rings. The summed E-state index contributed by atoms with van der Waals surface area (Å²) >= 11 is 1.83. The van der Waals surface area contributed by atoms with Gasteiger partial charge >= 0.3 is 0 Å². The number of benzene rings is 9. The van der Waals surface area contributed by atoms with Crippen LogP contribution in [0.15, 0.2) is 217 Å². The molecular weight excluding hydrogens is 711 g/mol. The molecule has 0 unspecified atom stereocenters. The largest absolute Gasteiger partial charge is 0.455 e. The first-order valence-electron chi connectivity index (χ1n) is 19.3. The lowest BCUT2D eigenvalue weighted by atomic mass is 9.96. The summed E-state index contributed by atoms with van der Waals surface area (Å²) in [5, 5.41) is 4.77. The molecule has 57 heavy (non-hydrogen) atoms. The number of para-hydroxylation sites is 1. The van der Waals surface area contributed by atoms with Crippen LogP contribution in [0.4, 0.5) is 17.1 Å². The lowest BCUT2D eigenvalue weighted by Gasteiger charge is -2.26. The molecule has 0 aliphatic heterocycles. The van der Waals surface area contributed by atoms with Crippen LogP contribution in [0.2, 0.25) is 0 Å². The SMILES string of the molecule is c1ccc(-c2ccc(N(c3ccc(-c4ccccc4)cc3)c3cccc(-c4ccc(-c5cccc6sc7ccc8c9ccccc9oc8c7c56)cc4)c3)cc2)cc1. The van der Waals surface area contributed by atoms with Gasteiger partial charge in [-0.2, -0.15) is 0 Å². The van der Waals surface area contributed by atoms with Crippen molar-refractivity contribution >= 4 is 70.5 Å². The molecule has 0 bridgehead atoms. The van der Waals surface area contributed by atoms with E-state index in [1.54, 1.807) is 0 Å². The number of hydrogen-bond donors (Lipinski definition) is 0. The normalized spacial score (nSPS) is 11.5. The van der Waals surface area contributed by atoms with Crippen LogP contribution in [-0.4, -0.2) is 0 Å². The van der Waals surface area contributed by atoms with Crippen molar-refractivity contribution in [1.82, 2.24) is 0 Å². The molecule has 0 saturated heterocycles. The molecule has 11 aromatic rings. The van der Waals surface area contributed by atoms with E-state index >= 15 is 0 Å². The Morgan fingerprint density at radius 3 is 1.54 bits per heavy atom. The zero-order valence-corrected chi connectivity index (χ0v) is 31.8. The molecule has 268 valence electrons. The minimum Gasteiger partial charge on any atom is -0.455 e. The predicted molar refractivity (Wildman–Crippen MR) is 243 cm³/mol. The molecule has 0 N–H and O–H groups in total. The van der Waals surface area contributed by atoms with Gasteiger partial charge in [0.1, 0.15) is 11.2 Å². The number of fused-ring (bicyclic) bond motifs is 7. The van der Waals surface area contributed by atoms with E-state index in [1.165, 1.54) is 59.1 Å². The first kappa shape index (κ1) is 33.2. The molecule has 0 saturated carbocycles. The second-order valence-corrected chi connectivity index (χ2v) is 15.6. The average molecular weight is 746 g/mol. The third-order valence-electron chi connectivity index (χ3n) is 11.1. The molecular formula is C54H35NOS. The van der Waals surface area contributed by atoms with Crippen LogP contribution in [-0.2, 0) is 0 Å². The Labute approximate surface area is 335 Å². The van der Waals surface area contributed by atoms with Crippen molar-refractivity contribution in [1.29, 1.82) is 0 Å². The van der Waals surface area contributed by atoms with Crippen molar-refractivity contribution in [3.63, 3.8) is 0 Å². The van der Waals surface area contributed by atoms with Crippen molar-refractivity contribution in [2.75, 3.05) is 4.90 Å². The van der Waals surface area contributed by atoms with Gasteiger partial charge in [-0.1, -0.05) is 152 Å². The predicted octanol–water partition coefficient (Wildman–Crippen LogP) is 16.1. The molecule has 0 fully saturated rings. The number of furan rings is 1. The van der Waals surface area contributed by atoms with Gasteiger partial charge in [0.2, 0.25) is 0 Å². The van der Waals surface area contributed by atoms with Gasteiger partial charge in [0.25, 0.3) is 0 Å². The summed E-state index contributed by atoms with van der Waals surface area (Å²) in [4.78, 5) is 2.35. The molecule has 0 spiro atoms. The van der Waals surface area contributed by atoms with Gasteiger partial charge in [0.05, 0.1) is 0 Å². The molecule has 2 heterocycles. The standard InChI is InChI=1S/C54H35NOS/c1-3-11-36(12-4-1)38-25-29-43(30-26-38)55(44-31-27-39(28-32-44)37-13-5-2-6-14-37)45-16-9-15-42(35-45)40-21-23-41(24-22-40)46-18-10-20-50-52(46)53-51(57-50)34-33-48-47-17-7-8-19-49(47)56-54(48)53/h1-35H. The number of anilines is 3. The van der Waals surface area contributed by atoms with E-state index in [9.17, 15) is 0 Å². The van der Waals surface area contributed by atoms with E-state index in [1.807, 2.05) is 17.4 Å². The number of thiophene rings is 1. The second kappa shape index (κ2) is 13.8. The Kier molecular flexibility index (Phi) is 8.04. The van der Waals surface area contributed by atoms with E-state index < -0.39 is 0 Å². The molecule has 2 aromatic heterocycles. The summed E-state index contributed by atoms with van der Waals surface area (Å²) in [6, 6.07) is 76.3. The van der Waals surface area contributed by atoms with E-state index in [0.717, 1.165) is 44.6 Å². The first-order chi connectivity index (χ1) is 28.2. The Bertz CT molecular complexity index is 3110. The van der Waals surface area contributed by atoms with Gasteiger partial charge in [0.15, 0.2) is 0 Å². The highest BCUT2D eigenvalue weighted by Gasteiger charge is 2.18. The van der Waals surface area contributed by atoms with Crippen LogP contribution in [0.3, 0.4) is 0 Å². The molecule has 0 atom stereocenters. The number of nitrogens with zero attached hydrogens (tertiary/aromatic N) is 1. The zero-order chi connectivity index (χ0) is 37.7. The molecule has 0 aliphatic carbocycles. The third-order valence-corrected chi connectivity index (χ3v) is 12.2. The molecule has 2 nitrogen and oxygen atoms in total. The van der Waals surface area contributed by atoms with Gasteiger partial charge < -0.3 is 9.32 Å². The maximum atomic E-state index is 6.55. The van der Waals surface area contributed by atoms with Gasteiger partial charge in [-0.3, -0.25) is 0 Å².